The van der Waals surface area contributed by atoms with Crippen LogP contribution in [-0.4, -0.2) is 26.8 Å². The largest absolute Gasteiger partial charge is 0.493 e. The van der Waals surface area contributed by atoms with Gasteiger partial charge in [0.25, 0.3) is 0 Å². The van der Waals surface area contributed by atoms with Crippen LogP contribution in [0, 0.1) is 5.92 Å². The van der Waals surface area contributed by atoms with Crippen molar-refractivity contribution in [1.29, 1.82) is 0 Å². The predicted octanol–water partition coefficient (Wildman–Crippen LogP) is 1.78. The van der Waals surface area contributed by atoms with E-state index >= 15 is 0 Å². The number of hydrogen-bond donors (Lipinski definition) is 1. The molecular weight excluding hydrogens is 202 g/mol. The molecule has 1 fully saturated rings. The molecule has 3 rings (SSSR count). The lowest BCUT2D eigenvalue weighted by atomic mass is 9.87. The first-order chi connectivity index (χ1) is 7.90. The van der Waals surface area contributed by atoms with Gasteiger partial charge in [-0.3, -0.25) is 0 Å². The lowest BCUT2D eigenvalue weighted by Gasteiger charge is -2.17. The zero-order chi connectivity index (χ0) is 11.0. The molecule has 16 heavy (non-hydrogen) atoms. The van der Waals surface area contributed by atoms with Crippen molar-refractivity contribution in [2.45, 2.75) is 12.3 Å². The fourth-order valence-electron chi connectivity index (χ4n) is 2.85. The topological polar surface area (TPSA) is 30.5 Å². The molecular formula is C13H17NO2. The summed E-state index contributed by atoms with van der Waals surface area (Å²) in [7, 11) is 1.70. The van der Waals surface area contributed by atoms with E-state index in [0.717, 1.165) is 37.6 Å². The summed E-state index contributed by atoms with van der Waals surface area (Å²) in [5.41, 5.74) is 1.31. The second-order valence-electron chi connectivity index (χ2n) is 4.54. The molecule has 86 valence electrons. The molecule has 3 heteroatoms. The summed E-state index contributed by atoms with van der Waals surface area (Å²) in [6.45, 7) is 2.98. The smallest absolute Gasteiger partial charge is 0.164 e. The third-order valence-electron chi connectivity index (χ3n) is 3.70. The van der Waals surface area contributed by atoms with Gasteiger partial charge in [0, 0.05) is 18.0 Å². The maximum Gasteiger partial charge on any atom is 0.164 e. The van der Waals surface area contributed by atoms with Crippen LogP contribution in [0.3, 0.4) is 0 Å². The van der Waals surface area contributed by atoms with Crippen molar-refractivity contribution in [3.05, 3.63) is 23.8 Å². The second-order valence-corrected chi connectivity index (χ2v) is 4.54. The number of ether oxygens (including phenoxy) is 2. The molecule has 0 bridgehead atoms. The molecule has 0 saturated carbocycles. The normalized spacial score (nSPS) is 27.6. The Morgan fingerprint density at radius 3 is 3.19 bits per heavy atom. The molecule has 1 aromatic carbocycles. The quantitative estimate of drug-likeness (QED) is 0.781. The van der Waals surface area contributed by atoms with Crippen LogP contribution >= 0.6 is 0 Å². The van der Waals surface area contributed by atoms with Gasteiger partial charge in [-0.2, -0.15) is 0 Å². The number of nitrogens with one attached hydrogen (secondary N) is 1. The number of para-hydroxylation sites is 1. The first-order valence-corrected chi connectivity index (χ1v) is 5.90. The summed E-state index contributed by atoms with van der Waals surface area (Å²) in [5, 5.41) is 3.47. The third kappa shape index (κ3) is 1.47. The second kappa shape index (κ2) is 3.98. The van der Waals surface area contributed by atoms with Gasteiger partial charge in [-0.15, -0.1) is 0 Å². The van der Waals surface area contributed by atoms with Crippen LogP contribution in [-0.2, 0) is 0 Å². The highest BCUT2D eigenvalue weighted by atomic mass is 16.5. The number of rotatable bonds is 1. The molecule has 0 spiro atoms. The molecule has 0 amide bonds. The summed E-state index contributed by atoms with van der Waals surface area (Å²) in [5.74, 6) is 3.13. The first kappa shape index (κ1) is 9.97. The lowest BCUT2D eigenvalue weighted by molar-refractivity contribution is 0.280. The number of methoxy groups -OCH3 is 1. The minimum atomic E-state index is 0.590. The Labute approximate surface area is 95.8 Å². The molecule has 0 aromatic heterocycles. The zero-order valence-electron chi connectivity index (χ0n) is 9.53. The molecule has 3 nitrogen and oxygen atoms in total. The molecule has 2 aliphatic rings. The Morgan fingerprint density at radius 2 is 2.31 bits per heavy atom. The minimum absolute atomic E-state index is 0.590. The number of fused-ring (bicyclic) bond motifs is 3. The van der Waals surface area contributed by atoms with Crippen molar-refractivity contribution in [2.75, 3.05) is 26.8 Å². The van der Waals surface area contributed by atoms with Crippen LogP contribution in [0.4, 0.5) is 0 Å². The average Bonchev–Trinajstić information content (AvgIpc) is 2.71. The third-order valence-corrected chi connectivity index (χ3v) is 3.70. The molecule has 2 heterocycles. The summed E-state index contributed by atoms with van der Waals surface area (Å²) < 4.78 is 11.2. The van der Waals surface area contributed by atoms with Crippen LogP contribution in [0.1, 0.15) is 17.9 Å². The van der Waals surface area contributed by atoms with E-state index in [1.54, 1.807) is 7.11 Å². The highest BCUT2D eigenvalue weighted by molar-refractivity contribution is 5.49. The van der Waals surface area contributed by atoms with Crippen LogP contribution in [0.25, 0.3) is 0 Å². The fourth-order valence-corrected chi connectivity index (χ4v) is 2.85. The monoisotopic (exact) mass is 219 g/mol. The number of hydrogen-bond acceptors (Lipinski definition) is 3. The van der Waals surface area contributed by atoms with E-state index < -0.39 is 0 Å². The van der Waals surface area contributed by atoms with Gasteiger partial charge in [0.1, 0.15) is 0 Å². The molecule has 1 saturated heterocycles. The van der Waals surface area contributed by atoms with Crippen LogP contribution < -0.4 is 14.8 Å². The fraction of sp³-hybridized carbons (Fsp3) is 0.538. The maximum absolute atomic E-state index is 5.85. The van der Waals surface area contributed by atoms with E-state index in [-0.39, 0.29) is 0 Å². The van der Waals surface area contributed by atoms with Gasteiger partial charge in [-0.1, -0.05) is 12.1 Å². The minimum Gasteiger partial charge on any atom is -0.493 e. The SMILES string of the molecule is COc1cccc2c1OCCC1CNC[C@H]21. The zero-order valence-corrected chi connectivity index (χ0v) is 9.53. The van der Waals surface area contributed by atoms with Crippen LogP contribution in [0.5, 0.6) is 11.5 Å². The van der Waals surface area contributed by atoms with Crippen molar-refractivity contribution in [3.63, 3.8) is 0 Å². The molecule has 0 radical (unpaired) electrons. The van der Waals surface area contributed by atoms with Gasteiger partial charge in [-0.05, 0) is 24.9 Å². The predicted molar refractivity (Wildman–Crippen MR) is 62.2 cm³/mol. The van der Waals surface area contributed by atoms with Crippen molar-refractivity contribution >= 4 is 0 Å². The lowest BCUT2D eigenvalue weighted by Crippen LogP contribution is -2.11. The van der Waals surface area contributed by atoms with E-state index in [9.17, 15) is 0 Å². The summed E-state index contributed by atoms with van der Waals surface area (Å²) >= 11 is 0. The van der Waals surface area contributed by atoms with Gasteiger partial charge in [-0.25, -0.2) is 0 Å². The van der Waals surface area contributed by atoms with E-state index in [0.29, 0.717) is 11.8 Å². The Kier molecular flexibility index (Phi) is 2.48. The van der Waals surface area contributed by atoms with E-state index in [1.807, 2.05) is 6.07 Å². The summed E-state index contributed by atoms with van der Waals surface area (Å²) in [6.07, 6.45) is 1.13. The van der Waals surface area contributed by atoms with Crippen LogP contribution in [0.15, 0.2) is 18.2 Å². The van der Waals surface area contributed by atoms with Crippen molar-refractivity contribution in [2.24, 2.45) is 5.92 Å². The molecule has 0 aliphatic carbocycles. The molecule has 1 aromatic rings. The Balaban J connectivity index is 2.07. The summed E-state index contributed by atoms with van der Waals surface area (Å²) in [4.78, 5) is 0. The first-order valence-electron chi connectivity index (χ1n) is 5.90. The summed E-state index contributed by atoms with van der Waals surface area (Å²) in [6, 6.07) is 6.21. The van der Waals surface area contributed by atoms with E-state index in [1.165, 1.54) is 5.56 Å². The van der Waals surface area contributed by atoms with Crippen molar-refractivity contribution in [1.82, 2.24) is 5.32 Å². The van der Waals surface area contributed by atoms with Crippen molar-refractivity contribution in [3.8, 4) is 11.5 Å². The van der Waals surface area contributed by atoms with Crippen LogP contribution in [0.2, 0.25) is 0 Å². The molecule has 1 N–H and O–H groups in total. The molecule has 2 atom stereocenters. The highest BCUT2D eigenvalue weighted by Gasteiger charge is 2.33. The van der Waals surface area contributed by atoms with Gasteiger partial charge < -0.3 is 14.8 Å². The van der Waals surface area contributed by atoms with Gasteiger partial charge in [0.2, 0.25) is 0 Å². The average molecular weight is 219 g/mol. The van der Waals surface area contributed by atoms with E-state index in [4.69, 9.17) is 9.47 Å². The molecule has 2 aliphatic heterocycles. The Hall–Kier alpha value is -1.22. The van der Waals surface area contributed by atoms with E-state index in [2.05, 4.69) is 17.4 Å². The number of benzene rings is 1. The highest BCUT2D eigenvalue weighted by Crippen LogP contribution is 2.43. The van der Waals surface area contributed by atoms with Crippen molar-refractivity contribution < 1.29 is 9.47 Å². The van der Waals surface area contributed by atoms with Gasteiger partial charge >= 0.3 is 0 Å². The standard InChI is InChI=1S/C13H17NO2/c1-15-12-4-2-3-10-11-8-14-7-9(11)5-6-16-13(10)12/h2-4,9,11,14H,5-8H2,1H3/t9?,11-/m0/s1. The maximum atomic E-state index is 5.85. The Bertz CT molecular complexity index is 392. The Morgan fingerprint density at radius 1 is 1.38 bits per heavy atom. The van der Waals surface area contributed by atoms with Gasteiger partial charge in [0.05, 0.1) is 13.7 Å². The molecule has 1 unspecified atom stereocenters. The van der Waals surface area contributed by atoms with Gasteiger partial charge in [0.15, 0.2) is 11.5 Å².